The van der Waals surface area contributed by atoms with Gasteiger partial charge >= 0.3 is 0 Å². The van der Waals surface area contributed by atoms with Gasteiger partial charge in [-0.15, -0.1) is 0 Å². The van der Waals surface area contributed by atoms with Crippen LogP contribution in [0.5, 0.6) is 5.75 Å². The summed E-state index contributed by atoms with van der Waals surface area (Å²) in [4.78, 5) is 15.6. The Bertz CT molecular complexity index is 522. The van der Waals surface area contributed by atoms with Gasteiger partial charge in [-0.2, -0.15) is 0 Å². The Morgan fingerprint density at radius 1 is 1.37 bits per heavy atom. The van der Waals surface area contributed by atoms with Crippen molar-refractivity contribution < 1.29 is 9.53 Å². The monoisotopic (exact) mass is 259 g/mol. The number of likely N-dealkylation sites (N-methyl/N-ethyl adjacent to an activating group) is 1. The van der Waals surface area contributed by atoms with Crippen molar-refractivity contribution in [2.45, 2.75) is 13.0 Å². The number of carbonyl (C=O) groups is 1. The predicted molar refractivity (Wildman–Crippen MR) is 71.9 cm³/mol. The molecule has 1 heterocycles. The van der Waals surface area contributed by atoms with E-state index in [1.54, 1.807) is 19.4 Å². The summed E-state index contributed by atoms with van der Waals surface area (Å²) in [7, 11) is 1.62. The van der Waals surface area contributed by atoms with Crippen molar-refractivity contribution in [1.29, 1.82) is 0 Å². The highest BCUT2D eigenvalue weighted by molar-refractivity contribution is 5.75. The maximum absolute atomic E-state index is 11.3. The number of nitrogens with one attached hydrogen (secondary N) is 1. The Kier molecular flexibility index (Phi) is 4.55. The third-order valence-electron chi connectivity index (χ3n) is 2.73. The molecule has 1 aromatic carbocycles. The first kappa shape index (κ1) is 13.1. The summed E-state index contributed by atoms with van der Waals surface area (Å²) in [5.41, 5.74) is 0. The molecule has 0 aliphatic heterocycles. The Hall–Kier alpha value is -2.30. The van der Waals surface area contributed by atoms with Gasteiger partial charge in [0.15, 0.2) is 0 Å². The van der Waals surface area contributed by atoms with E-state index in [1.807, 2.05) is 34.9 Å². The Balaban J connectivity index is 1.86. The summed E-state index contributed by atoms with van der Waals surface area (Å²) in [6.45, 7) is 0.825. The van der Waals surface area contributed by atoms with Crippen molar-refractivity contribution >= 4 is 5.91 Å². The van der Waals surface area contributed by atoms with Crippen LogP contribution < -0.4 is 10.1 Å². The van der Waals surface area contributed by atoms with Crippen LogP contribution in [0.4, 0.5) is 0 Å². The molecule has 0 spiro atoms. The van der Waals surface area contributed by atoms with Gasteiger partial charge in [-0.25, -0.2) is 4.98 Å². The molecule has 2 aromatic rings. The summed E-state index contributed by atoms with van der Waals surface area (Å²) in [6.07, 6.45) is 4.16. The van der Waals surface area contributed by atoms with Crippen molar-refractivity contribution in [3.63, 3.8) is 0 Å². The van der Waals surface area contributed by atoms with Crippen LogP contribution in [0, 0.1) is 0 Å². The molecule has 0 radical (unpaired) electrons. The Labute approximate surface area is 112 Å². The van der Waals surface area contributed by atoms with Gasteiger partial charge < -0.3 is 14.6 Å². The first-order chi connectivity index (χ1) is 9.29. The first-order valence-corrected chi connectivity index (χ1v) is 6.18. The van der Waals surface area contributed by atoms with E-state index in [9.17, 15) is 4.79 Å². The number of aromatic nitrogens is 2. The van der Waals surface area contributed by atoms with Crippen LogP contribution in [0.3, 0.4) is 0 Å². The van der Waals surface area contributed by atoms with Crippen molar-refractivity contribution in [2.75, 3.05) is 13.7 Å². The molecule has 0 saturated carbocycles. The van der Waals surface area contributed by atoms with Gasteiger partial charge in [0.1, 0.15) is 18.1 Å². The molecule has 1 N–H and O–H groups in total. The molecule has 0 fully saturated rings. The molecule has 1 aromatic heterocycles. The van der Waals surface area contributed by atoms with Gasteiger partial charge in [0.25, 0.3) is 0 Å². The van der Waals surface area contributed by atoms with Crippen LogP contribution in [0.1, 0.15) is 5.82 Å². The van der Waals surface area contributed by atoms with Gasteiger partial charge in [-0.1, -0.05) is 18.2 Å². The second kappa shape index (κ2) is 6.58. The molecule has 0 aliphatic rings. The van der Waals surface area contributed by atoms with Gasteiger partial charge in [-0.05, 0) is 12.1 Å². The predicted octanol–water partition coefficient (Wildman–Crippen LogP) is 1.25. The van der Waals surface area contributed by atoms with E-state index < -0.39 is 0 Å². The van der Waals surface area contributed by atoms with Gasteiger partial charge in [0.2, 0.25) is 5.91 Å². The quantitative estimate of drug-likeness (QED) is 0.849. The summed E-state index contributed by atoms with van der Waals surface area (Å²) in [5, 5.41) is 2.59. The summed E-state index contributed by atoms with van der Waals surface area (Å²) < 4.78 is 7.44. The third-order valence-corrected chi connectivity index (χ3v) is 2.73. The maximum Gasteiger partial charge on any atom is 0.239 e. The molecule has 19 heavy (non-hydrogen) atoms. The number of carbonyl (C=O) groups excluding carboxylic acids is 1. The van der Waals surface area contributed by atoms with Crippen molar-refractivity contribution in [1.82, 2.24) is 14.9 Å². The zero-order valence-corrected chi connectivity index (χ0v) is 10.9. The van der Waals surface area contributed by atoms with Crippen molar-refractivity contribution in [3.05, 3.63) is 48.5 Å². The molecule has 1 amide bonds. The van der Waals surface area contributed by atoms with E-state index in [0.717, 1.165) is 11.6 Å². The number of rotatable bonds is 6. The smallest absolute Gasteiger partial charge is 0.239 e. The largest absolute Gasteiger partial charge is 0.493 e. The van der Waals surface area contributed by atoms with Crippen LogP contribution >= 0.6 is 0 Å². The SMILES string of the molecule is CNC(=O)Cn1ccnc1CCOc1ccccc1. The summed E-state index contributed by atoms with van der Waals surface area (Å²) in [5.74, 6) is 1.65. The minimum Gasteiger partial charge on any atom is -0.493 e. The van der Waals surface area contributed by atoms with E-state index >= 15 is 0 Å². The first-order valence-electron chi connectivity index (χ1n) is 6.18. The number of para-hydroxylation sites is 1. The van der Waals surface area contributed by atoms with Crippen LogP contribution in [0.25, 0.3) is 0 Å². The number of benzene rings is 1. The highest BCUT2D eigenvalue weighted by Gasteiger charge is 2.06. The van der Waals surface area contributed by atoms with E-state index in [4.69, 9.17) is 4.74 Å². The molecule has 0 bridgehead atoms. The van der Waals surface area contributed by atoms with Crippen molar-refractivity contribution in [2.24, 2.45) is 0 Å². The average molecular weight is 259 g/mol. The molecule has 5 heteroatoms. The standard InChI is InChI=1S/C14H17N3O2/c1-15-14(18)11-17-9-8-16-13(17)7-10-19-12-5-3-2-4-6-12/h2-6,8-9H,7,10-11H2,1H3,(H,15,18). The lowest BCUT2D eigenvalue weighted by atomic mass is 10.3. The minimum atomic E-state index is -0.0387. The molecule has 0 atom stereocenters. The molecule has 0 unspecified atom stereocenters. The fourth-order valence-corrected chi connectivity index (χ4v) is 1.72. The second-order valence-electron chi connectivity index (χ2n) is 4.06. The molecule has 2 rings (SSSR count). The summed E-state index contributed by atoms with van der Waals surface area (Å²) >= 11 is 0. The Morgan fingerprint density at radius 2 is 2.16 bits per heavy atom. The summed E-state index contributed by atoms with van der Waals surface area (Å²) in [6, 6.07) is 9.64. The van der Waals surface area contributed by atoms with Crippen LogP contribution in [0.2, 0.25) is 0 Å². The third kappa shape index (κ3) is 3.84. The zero-order chi connectivity index (χ0) is 13.5. The molecule has 5 nitrogen and oxygen atoms in total. The van der Waals surface area contributed by atoms with Crippen LogP contribution in [0.15, 0.2) is 42.7 Å². The number of imidazole rings is 1. The lowest BCUT2D eigenvalue weighted by Crippen LogP contribution is -2.24. The molecule has 100 valence electrons. The molecule has 0 saturated heterocycles. The van der Waals surface area contributed by atoms with E-state index in [2.05, 4.69) is 10.3 Å². The van der Waals surface area contributed by atoms with E-state index in [-0.39, 0.29) is 12.5 Å². The van der Waals surface area contributed by atoms with E-state index in [0.29, 0.717) is 13.0 Å². The number of hydrogen-bond donors (Lipinski definition) is 1. The molecular formula is C14H17N3O2. The molecule has 0 aliphatic carbocycles. The Morgan fingerprint density at radius 3 is 2.89 bits per heavy atom. The lowest BCUT2D eigenvalue weighted by molar-refractivity contribution is -0.121. The fraction of sp³-hybridized carbons (Fsp3) is 0.286. The van der Waals surface area contributed by atoms with Crippen molar-refractivity contribution in [3.8, 4) is 5.75 Å². The van der Waals surface area contributed by atoms with Gasteiger partial charge in [-0.3, -0.25) is 4.79 Å². The average Bonchev–Trinajstić information content (AvgIpc) is 2.87. The fourth-order valence-electron chi connectivity index (χ4n) is 1.72. The normalized spacial score (nSPS) is 10.2. The second-order valence-corrected chi connectivity index (χ2v) is 4.06. The number of hydrogen-bond acceptors (Lipinski definition) is 3. The van der Waals surface area contributed by atoms with E-state index in [1.165, 1.54) is 0 Å². The highest BCUT2D eigenvalue weighted by Crippen LogP contribution is 2.09. The zero-order valence-electron chi connectivity index (χ0n) is 10.9. The van der Waals surface area contributed by atoms with Gasteiger partial charge in [0.05, 0.1) is 6.61 Å². The minimum absolute atomic E-state index is 0.0387. The number of amides is 1. The van der Waals surface area contributed by atoms with Gasteiger partial charge in [0, 0.05) is 25.9 Å². The number of ether oxygens (including phenoxy) is 1. The highest BCUT2D eigenvalue weighted by atomic mass is 16.5. The van der Waals surface area contributed by atoms with Crippen LogP contribution in [-0.2, 0) is 17.8 Å². The number of nitrogens with zero attached hydrogens (tertiary/aromatic N) is 2. The van der Waals surface area contributed by atoms with Crippen LogP contribution in [-0.4, -0.2) is 29.1 Å². The maximum atomic E-state index is 11.3. The lowest BCUT2D eigenvalue weighted by Gasteiger charge is -2.08. The molecular weight excluding hydrogens is 242 g/mol. The topological polar surface area (TPSA) is 56.2 Å².